The van der Waals surface area contributed by atoms with E-state index >= 15 is 0 Å². The first kappa shape index (κ1) is 18.0. The number of aromatic nitrogens is 3. The normalized spacial score (nSPS) is 12.0. The lowest BCUT2D eigenvalue weighted by Gasteiger charge is -2.09. The Labute approximate surface area is 143 Å². The van der Waals surface area contributed by atoms with Crippen LogP contribution in [0, 0.1) is 0 Å². The van der Waals surface area contributed by atoms with Gasteiger partial charge in [0.05, 0.1) is 25.0 Å². The van der Waals surface area contributed by atoms with E-state index < -0.39 is 0 Å². The third-order valence-corrected chi connectivity index (χ3v) is 3.93. The van der Waals surface area contributed by atoms with E-state index in [-0.39, 0.29) is 0 Å². The van der Waals surface area contributed by atoms with Crippen LogP contribution in [0.1, 0.15) is 56.5 Å². The Balaban J connectivity index is 1.93. The molecule has 2 heterocycles. The summed E-state index contributed by atoms with van der Waals surface area (Å²) < 4.78 is 7.21. The van der Waals surface area contributed by atoms with Crippen molar-refractivity contribution in [2.45, 2.75) is 52.6 Å². The lowest BCUT2D eigenvalue weighted by molar-refractivity contribution is 0.368. The van der Waals surface area contributed by atoms with Crippen LogP contribution in [-0.4, -0.2) is 27.4 Å². The quantitative estimate of drug-likeness (QED) is 0.574. The van der Waals surface area contributed by atoms with Gasteiger partial charge in [0.25, 0.3) is 0 Å². The van der Waals surface area contributed by atoms with Crippen molar-refractivity contribution < 1.29 is 4.52 Å². The van der Waals surface area contributed by atoms with Gasteiger partial charge in [-0.15, -0.1) is 0 Å². The zero-order chi connectivity index (χ0) is 17.4. The topological polar surface area (TPSA) is 80.3 Å². The van der Waals surface area contributed by atoms with Gasteiger partial charge in [-0.05, 0) is 19.8 Å². The first-order chi connectivity index (χ1) is 11.7. The van der Waals surface area contributed by atoms with E-state index in [1.54, 1.807) is 4.68 Å². The van der Waals surface area contributed by atoms with Gasteiger partial charge in [-0.2, -0.15) is 5.10 Å². The fourth-order valence-corrected chi connectivity index (χ4v) is 2.55. The number of guanidine groups is 1. The molecule has 2 N–H and O–H groups in total. The van der Waals surface area contributed by atoms with Gasteiger partial charge < -0.3 is 15.2 Å². The van der Waals surface area contributed by atoms with Crippen molar-refractivity contribution in [3.63, 3.8) is 0 Å². The lowest BCUT2D eigenvalue weighted by atomic mass is 9.99. The number of nitrogens with one attached hydrogen (secondary N) is 2. The minimum absolute atomic E-state index is 0.468. The van der Waals surface area contributed by atoms with Crippen LogP contribution < -0.4 is 10.6 Å². The highest BCUT2D eigenvalue weighted by Gasteiger charge is 2.13. The molecule has 0 bridgehead atoms. The Hall–Kier alpha value is -2.31. The van der Waals surface area contributed by atoms with Gasteiger partial charge in [-0.25, -0.2) is 4.99 Å². The first-order valence-corrected chi connectivity index (χ1v) is 8.61. The molecule has 0 aliphatic rings. The molecule has 2 aromatic rings. The minimum atomic E-state index is 0.468. The fraction of sp³-hybridized carbons (Fsp3) is 0.588. The van der Waals surface area contributed by atoms with Crippen molar-refractivity contribution in [1.82, 2.24) is 25.6 Å². The van der Waals surface area contributed by atoms with Gasteiger partial charge in [-0.3, -0.25) is 4.68 Å². The largest absolute Gasteiger partial charge is 0.359 e. The van der Waals surface area contributed by atoms with Crippen LogP contribution in [0.15, 0.2) is 28.0 Å². The molecule has 0 aliphatic carbocycles. The first-order valence-electron chi connectivity index (χ1n) is 8.61. The summed E-state index contributed by atoms with van der Waals surface area (Å²) in [6.45, 7) is 8.34. The molecule has 7 nitrogen and oxygen atoms in total. The average Bonchev–Trinajstić information content (AvgIpc) is 3.21. The maximum absolute atomic E-state index is 5.44. The summed E-state index contributed by atoms with van der Waals surface area (Å²) in [7, 11) is 1.90. The van der Waals surface area contributed by atoms with Crippen LogP contribution in [0.25, 0.3) is 0 Å². The second-order valence-electron chi connectivity index (χ2n) is 5.80. The van der Waals surface area contributed by atoms with E-state index in [9.17, 15) is 0 Å². The van der Waals surface area contributed by atoms with Crippen molar-refractivity contribution in [3.8, 4) is 0 Å². The maximum atomic E-state index is 5.44. The minimum Gasteiger partial charge on any atom is -0.359 e. The van der Waals surface area contributed by atoms with Crippen LogP contribution in [0.3, 0.4) is 0 Å². The Morgan fingerprint density at radius 2 is 2.08 bits per heavy atom. The fourth-order valence-electron chi connectivity index (χ4n) is 2.55. The van der Waals surface area contributed by atoms with Gasteiger partial charge in [-0.1, -0.05) is 19.0 Å². The molecule has 7 heteroatoms. The maximum Gasteiger partial charge on any atom is 0.191 e. The number of hydrogen-bond donors (Lipinski definition) is 2. The van der Waals surface area contributed by atoms with Crippen molar-refractivity contribution in [3.05, 3.63) is 35.5 Å². The van der Waals surface area contributed by atoms with Crippen LogP contribution >= 0.6 is 0 Å². The third kappa shape index (κ3) is 5.11. The summed E-state index contributed by atoms with van der Waals surface area (Å²) in [4.78, 5) is 4.57. The average molecular weight is 332 g/mol. The summed E-state index contributed by atoms with van der Waals surface area (Å²) >= 11 is 0. The predicted octanol–water partition coefficient (Wildman–Crippen LogP) is 2.57. The molecule has 0 atom stereocenters. The lowest BCUT2D eigenvalue weighted by Crippen LogP contribution is -2.36. The summed E-state index contributed by atoms with van der Waals surface area (Å²) in [5, 5.41) is 14.9. The molecule has 0 saturated carbocycles. The standard InChI is InChI=1S/C17H28N6O/c1-5-14(6-2)16-8-15(24-22-16)11-20-17(18-7-3)19-9-13-10-21-23(4)12-13/h8,10,12,14H,5-7,9,11H2,1-4H3,(H2,18,19,20). The molecular formula is C17H28N6O. The van der Waals surface area contributed by atoms with E-state index in [0.29, 0.717) is 19.0 Å². The summed E-state index contributed by atoms with van der Waals surface area (Å²) in [5.74, 6) is 2.04. The zero-order valence-corrected chi connectivity index (χ0v) is 15.0. The van der Waals surface area contributed by atoms with Crippen LogP contribution in [0.2, 0.25) is 0 Å². The molecule has 0 saturated heterocycles. The Kier molecular flexibility index (Phi) is 6.84. The van der Waals surface area contributed by atoms with E-state index in [1.165, 1.54) is 0 Å². The van der Waals surface area contributed by atoms with Gasteiger partial charge in [0.2, 0.25) is 0 Å². The molecule has 0 fully saturated rings. The molecule has 0 unspecified atom stereocenters. The Morgan fingerprint density at radius 1 is 1.29 bits per heavy atom. The van der Waals surface area contributed by atoms with E-state index in [1.807, 2.05) is 32.4 Å². The number of nitrogens with zero attached hydrogens (tertiary/aromatic N) is 4. The van der Waals surface area contributed by atoms with E-state index in [2.05, 4.69) is 39.7 Å². The monoisotopic (exact) mass is 332 g/mol. The van der Waals surface area contributed by atoms with Crippen LogP contribution in [-0.2, 0) is 20.1 Å². The molecule has 0 amide bonds. The zero-order valence-electron chi connectivity index (χ0n) is 15.0. The van der Waals surface area contributed by atoms with Crippen LogP contribution in [0.4, 0.5) is 0 Å². The van der Waals surface area contributed by atoms with Gasteiger partial charge in [0.15, 0.2) is 11.7 Å². The number of rotatable bonds is 8. The predicted molar refractivity (Wildman–Crippen MR) is 94.7 cm³/mol. The van der Waals surface area contributed by atoms with E-state index in [0.717, 1.165) is 42.4 Å². The second-order valence-corrected chi connectivity index (χ2v) is 5.80. The molecule has 2 rings (SSSR count). The summed E-state index contributed by atoms with van der Waals surface area (Å²) in [5.41, 5.74) is 2.11. The highest BCUT2D eigenvalue weighted by molar-refractivity contribution is 5.79. The van der Waals surface area contributed by atoms with Gasteiger partial charge in [0.1, 0.15) is 0 Å². The van der Waals surface area contributed by atoms with Crippen molar-refractivity contribution in [2.24, 2.45) is 12.0 Å². The number of aliphatic imine (C=N–C) groups is 1. The molecule has 2 aromatic heterocycles. The molecule has 0 aromatic carbocycles. The summed E-state index contributed by atoms with van der Waals surface area (Å²) in [6.07, 6.45) is 5.94. The number of aryl methyl sites for hydroxylation is 1. The molecule has 0 aliphatic heterocycles. The van der Waals surface area contributed by atoms with Gasteiger partial charge >= 0.3 is 0 Å². The third-order valence-electron chi connectivity index (χ3n) is 3.93. The summed E-state index contributed by atoms with van der Waals surface area (Å²) in [6, 6.07) is 2.04. The molecular weight excluding hydrogens is 304 g/mol. The highest BCUT2D eigenvalue weighted by Crippen LogP contribution is 2.22. The van der Waals surface area contributed by atoms with Crippen molar-refractivity contribution >= 4 is 5.96 Å². The molecule has 132 valence electrons. The SMILES string of the molecule is CCNC(=NCc1cnn(C)c1)NCc1cc(C(CC)CC)no1. The van der Waals surface area contributed by atoms with Crippen molar-refractivity contribution in [1.29, 1.82) is 0 Å². The molecule has 24 heavy (non-hydrogen) atoms. The Bertz CT molecular complexity index is 641. The van der Waals surface area contributed by atoms with Gasteiger partial charge in [0, 0.05) is 37.3 Å². The smallest absolute Gasteiger partial charge is 0.191 e. The highest BCUT2D eigenvalue weighted by atomic mass is 16.5. The molecule has 0 radical (unpaired) electrons. The Morgan fingerprint density at radius 3 is 2.71 bits per heavy atom. The molecule has 0 spiro atoms. The van der Waals surface area contributed by atoms with Crippen LogP contribution in [0.5, 0.6) is 0 Å². The van der Waals surface area contributed by atoms with E-state index in [4.69, 9.17) is 4.52 Å². The number of hydrogen-bond acceptors (Lipinski definition) is 4. The second kappa shape index (κ2) is 9.10. The van der Waals surface area contributed by atoms with Crippen molar-refractivity contribution in [2.75, 3.05) is 6.54 Å².